The average Bonchev–Trinajstić information content (AvgIpc) is 1.88. The van der Waals surface area contributed by atoms with Gasteiger partial charge in [-0.1, -0.05) is 29.3 Å². The molecule has 0 aliphatic carbocycles. The topological polar surface area (TPSA) is 23.5 Å². The van der Waals surface area contributed by atoms with Crippen molar-refractivity contribution in [2.24, 2.45) is 0 Å². The summed E-state index contributed by atoms with van der Waals surface area (Å²) in [5, 5.41) is 10.5. The van der Waals surface area contributed by atoms with Crippen molar-refractivity contribution in [3.63, 3.8) is 0 Å². The maximum Gasteiger partial charge on any atom is 0.0525 e. The molecular weight excluding hydrogens is 206 g/mol. The van der Waals surface area contributed by atoms with E-state index in [2.05, 4.69) is 22.9 Å². The third-order valence-corrected chi connectivity index (χ3v) is 3.72. The molecule has 0 aliphatic heterocycles. The molecule has 11 heavy (non-hydrogen) atoms. The molecular formula is C8H18BrNO. The summed E-state index contributed by atoms with van der Waals surface area (Å²) < 4.78 is 0. The minimum atomic E-state index is -0.185. The van der Waals surface area contributed by atoms with E-state index in [0.717, 1.165) is 12.8 Å². The SMILES string of the molecule is CCCC(Br)C(C)(C)N(C)O. The Morgan fingerprint density at radius 3 is 2.27 bits per heavy atom. The van der Waals surface area contributed by atoms with E-state index in [0.29, 0.717) is 4.83 Å². The Kier molecular flexibility index (Phi) is 4.59. The van der Waals surface area contributed by atoms with Gasteiger partial charge < -0.3 is 5.21 Å². The van der Waals surface area contributed by atoms with Gasteiger partial charge in [0.25, 0.3) is 0 Å². The van der Waals surface area contributed by atoms with Crippen LogP contribution in [0.3, 0.4) is 0 Å². The van der Waals surface area contributed by atoms with Gasteiger partial charge in [-0.25, -0.2) is 0 Å². The molecule has 0 amide bonds. The lowest BCUT2D eigenvalue weighted by atomic mass is 9.97. The predicted molar refractivity (Wildman–Crippen MR) is 51.3 cm³/mol. The van der Waals surface area contributed by atoms with E-state index in [1.165, 1.54) is 5.06 Å². The molecule has 0 radical (unpaired) electrons. The molecule has 0 aromatic rings. The average molecular weight is 224 g/mol. The lowest BCUT2D eigenvalue weighted by molar-refractivity contribution is -0.139. The highest BCUT2D eigenvalue weighted by molar-refractivity contribution is 9.09. The van der Waals surface area contributed by atoms with Gasteiger partial charge in [-0.05, 0) is 20.3 Å². The van der Waals surface area contributed by atoms with Gasteiger partial charge in [-0.2, -0.15) is 5.06 Å². The van der Waals surface area contributed by atoms with Gasteiger partial charge in [0, 0.05) is 11.9 Å². The summed E-state index contributed by atoms with van der Waals surface area (Å²) in [5.74, 6) is 0. The Bertz CT molecular complexity index is 115. The molecule has 0 heterocycles. The molecule has 0 rings (SSSR count). The molecule has 1 unspecified atom stereocenters. The summed E-state index contributed by atoms with van der Waals surface area (Å²) in [7, 11) is 1.68. The highest BCUT2D eigenvalue weighted by Crippen LogP contribution is 2.25. The molecule has 1 N–H and O–H groups in total. The fourth-order valence-corrected chi connectivity index (χ4v) is 1.56. The normalized spacial score (nSPS) is 15.5. The Labute approximate surface area is 77.7 Å². The third kappa shape index (κ3) is 3.09. The Morgan fingerprint density at radius 1 is 1.55 bits per heavy atom. The summed E-state index contributed by atoms with van der Waals surface area (Å²) in [6.45, 7) is 6.17. The second-order valence-corrected chi connectivity index (χ2v) is 4.54. The molecule has 3 heteroatoms. The molecule has 2 nitrogen and oxygen atoms in total. The molecule has 0 fully saturated rings. The number of hydroxylamine groups is 2. The molecule has 0 bridgehead atoms. The van der Waals surface area contributed by atoms with Crippen molar-refractivity contribution in [1.82, 2.24) is 5.06 Å². The van der Waals surface area contributed by atoms with Gasteiger partial charge in [-0.3, -0.25) is 0 Å². The van der Waals surface area contributed by atoms with E-state index in [9.17, 15) is 5.21 Å². The zero-order valence-corrected chi connectivity index (χ0v) is 9.35. The van der Waals surface area contributed by atoms with Crippen LogP contribution in [0, 0.1) is 0 Å². The van der Waals surface area contributed by atoms with Crippen LogP contribution in [0.25, 0.3) is 0 Å². The minimum absolute atomic E-state index is 0.185. The summed E-state index contributed by atoms with van der Waals surface area (Å²) in [5.41, 5.74) is -0.185. The number of hydrogen-bond acceptors (Lipinski definition) is 2. The summed E-state index contributed by atoms with van der Waals surface area (Å²) in [6, 6.07) is 0. The Hall–Kier alpha value is 0.400. The van der Waals surface area contributed by atoms with Crippen LogP contribution in [0.4, 0.5) is 0 Å². The van der Waals surface area contributed by atoms with Crippen molar-refractivity contribution in [3.05, 3.63) is 0 Å². The van der Waals surface area contributed by atoms with Gasteiger partial charge in [0.15, 0.2) is 0 Å². The van der Waals surface area contributed by atoms with Gasteiger partial charge in [-0.15, -0.1) is 0 Å². The van der Waals surface area contributed by atoms with Crippen molar-refractivity contribution in [2.75, 3.05) is 7.05 Å². The van der Waals surface area contributed by atoms with Gasteiger partial charge in [0.1, 0.15) is 0 Å². The lowest BCUT2D eigenvalue weighted by Gasteiger charge is -2.35. The van der Waals surface area contributed by atoms with Crippen LogP contribution < -0.4 is 0 Å². The largest absolute Gasteiger partial charge is 0.314 e. The third-order valence-electron chi connectivity index (χ3n) is 2.14. The summed E-state index contributed by atoms with van der Waals surface area (Å²) in [6.07, 6.45) is 2.21. The first-order valence-corrected chi connectivity index (χ1v) is 4.91. The first-order chi connectivity index (χ1) is 4.92. The number of hydrogen-bond donors (Lipinski definition) is 1. The number of rotatable bonds is 4. The van der Waals surface area contributed by atoms with E-state index in [-0.39, 0.29) is 5.54 Å². The minimum Gasteiger partial charge on any atom is -0.314 e. The monoisotopic (exact) mass is 223 g/mol. The van der Waals surface area contributed by atoms with Crippen molar-refractivity contribution < 1.29 is 5.21 Å². The van der Waals surface area contributed by atoms with Crippen LogP contribution in [-0.4, -0.2) is 27.7 Å². The van der Waals surface area contributed by atoms with Gasteiger partial charge >= 0.3 is 0 Å². The number of alkyl halides is 1. The Morgan fingerprint density at radius 2 is 2.00 bits per heavy atom. The molecule has 0 saturated carbocycles. The first-order valence-electron chi connectivity index (χ1n) is 3.99. The van der Waals surface area contributed by atoms with Gasteiger partial charge in [0.05, 0.1) is 5.54 Å². The van der Waals surface area contributed by atoms with E-state index >= 15 is 0 Å². The van der Waals surface area contributed by atoms with Crippen molar-refractivity contribution in [1.29, 1.82) is 0 Å². The lowest BCUT2D eigenvalue weighted by Crippen LogP contribution is -2.46. The molecule has 1 atom stereocenters. The smallest absolute Gasteiger partial charge is 0.0525 e. The van der Waals surface area contributed by atoms with Gasteiger partial charge in [0.2, 0.25) is 0 Å². The summed E-state index contributed by atoms with van der Waals surface area (Å²) >= 11 is 3.56. The Balaban J connectivity index is 4.05. The van der Waals surface area contributed by atoms with E-state index < -0.39 is 0 Å². The molecule has 0 saturated heterocycles. The van der Waals surface area contributed by atoms with E-state index in [1.807, 2.05) is 13.8 Å². The summed E-state index contributed by atoms with van der Waals surface area (Å²) in [4.78, 5) is 0.343. The van der Waals surface area contributed by atoms with Crippen molar-refractivity contribution in [2.45, 2.75) is 44.0 Å². The molecule has 0 aliphatic rings. The maximum atomic E-state index is 9.28. The molecule has 0 spiro atoms. The van der Waals surface area contributed by atoms with Crippen LogP contribution in [-0.2, 0) is 0 Å². The zero-order valence-electron chi connectivity index (χ0n) is 7.76. The predicted octanol–water partition coefficient (Wildman–Crippen LogP) is 2.65. The van der Waals surface area contributed by atoms with Crippen LogP contribution in [0.1, 0.15) is 33.6 Å². The van der Waals surface area contributed by atoms with E-state index in [1.54, 1.807) is 7.05 Å². The highest BCUT2D eigenvalue weighted by atomic mass is 79.9. The second-order valence-electron chi connectivity index (χ2n) is 3.43. The highest BCUT2D eigenvalue weighted by Gasteiger charge is 2.30. The number of halogens is 1. The van der Waals surface area contributed by atoms with Crippen molar-refractivity contribution >= 4 is 15.9 Å². The fourth-order valence-electron chi connectivity index (χ4n) is 0.809. The molecule has 0 aromatic carbocycles. The second kappa shape index (κ2) is 4.43. The maximum absolute atomic E-state index is 9.28. The van der Waals surface area contributed by atoms with Crippen molar-refractivity contribution in [3.8, 4) is 0 Å². The van der Waals surface area contributed by atoms with E-state index in [4.69, 9.17) is 0 Å². The van der Waals surface area contributed by atoms with Crippen LogP contribution >= 0.6 is 15.9 Å². The first kappa shape index (κ1) is 11.4. The standard InChI is InChI=1S/C8H18BrNO/c1-5-6-7(9)8(2,3)10(4)11/h7,11H,5-6H2,1-4H3. The zero-order chi connectivity index (χ0) is 9.07. The molecule has 0 aromatic heterocycles. The van der Waals surface area contributed by atoms with Crippen LogP contribution in [0.2, 0.25) is 0 Å². The number of nitrogens with zero attached hydrogens (tertiary/aromatic N) is 1. The van der Waals surface area contributed by atoms with Crippen LogP contribution in [0.5, 0.6) is 0 Å². The molecule has 68 valence electrons. The quantitative estimate of drug-likeness (QED) is 0.586. The fraction of sp³-hybridized carbons (Fsp3) is 1.00. The van der Waals surface area contributed by atoms with Crippen LogP contribution in [0.15, 0.2) is 0 Å².